The fourth-order valence-corrected chi connectivity index (χ4v) is 5.02. The molecule has 0 atom stereocenters. The molecule has 1 saturated carbocycles. The van der Waals surface area contributed by atoms with Crippen LogP contribution in [0.3, 0.4) is 0 Å². The van der Waals surface area contributed by atoms with E-state index in [1.54, 1.807) is 12.0 Å². The first kappa shape index (κ1) is 15.5. The van der Waals surface area contributed by atoms with Crippen LogP contribution < -0.4 is 10.6 Å². The lowest BCUT2D eigenvalue weighted by molar-refractivity contribution is 0.203. The Morgan fingerprint density at radius 3 is 2.75 bits per heavy atom. The first-order chi connectivity index (χ1) is 9.52. The lowest BCUT2D eigenvalue weighted by Gasteiger charge is -2.22. The van der Waals surface area contributed by atoms with Crippen LogP contribution in [-0.2, 0) is 14.6 Å². The van der Waals surface area contributed by atoms with Crippen molar-refractivity contribution in [1.82, 2.24) is 4.37 Å². The van der Waals surface area contributed by atoms with E-state index in [1.807, 2.05) is 0 Å². The maximum Gasteiger partial charge on any atom is 0.187 e. The summed E-state index contributed by atoms with van der Waals surface area (Å²) in [5.41, 5.74) is 5.76. The average molecular weight is 321 g/mol. The van der Waals surface area contributed by atoms with E-state index in [2.05, 4.69) is 4.37 Å². The number of nitrogen functional groups attached to an aromatic ring is 1. The van der Waals surface area contributed by atoms with E-state index in [0.717, 1.165) is 11.5 Å². The zero-order valence-corrected chi connectivity index (χ0v) is 12.9. The highest BCUT2D eigenvalue weighted by molar-refractivity contribution is 7.92. The van der Waals surface area contributed by atoms with Gasteiger partial charge in [-0.2, -0.15) is 4.37 Å². The number of hydrogen-bond donors (Lipinski definition) is 2. The summed E-state index contributed by atoms with van der Waals surface area (Å²) in [6.45, 7) is 1.15. The van der Waals surface area contributed by atoms with Crippen LogP contribution in [0.25, 0.3) is 0 Å². The van der Waals surface area contributed by atoms with Gasteiger partial charge in [-0.15, -0.1) is 0 Å². The molecule has 0 radical (unpaired) electrons. The Morgan fingerprint density at radius 2 is 2.20 bits per heavy atom. The Bertz CT molecular complexity index is 554. The summed E-state index contributed by atoms with van der Waals surface area (Å²) in [5, 5.41) is 9.31. The predicted molar refractivity (Wildman–Crippen MR) is 77.9 cm³/mol. The van der Waals surface area contributed by atoms with Crippen molar-refractivity contribution in [2.75, 3.05) is 44.0 Å². The van der Waals surface area contributed by atoms with Gasteiger partial charge >= 0.3 is 0 Å². The maximum absolute atomic E-state index is 12.4. The van der Waals surface area contributed by atoms with Crippen molar-refractivity contribution >= 4 is 32.2 Å². The summed E-state index contributed by atoms with van der Waals surface area (Å²) in [6, 6.07) is 0. The molecule has 1 aliphatic rings. The summed E-state index contributed by atoms with van der Waals surface area (Å²) in [4.78, 5) is 1.88. The fourth-order valence-electron chi connectivity index (χ4n) is 1.94. The molecule has 1 aliphatic carbocycles. The summed E-state index contributed by atoms with van der Waals surface area (Å²) >= 11 is 1.05. The van der Waals surface area contributed by atoms with Gasteiger partial charge in [0, 0.05) is 20.2 Å². The van der Waals surface area contributed by atoms with Crippen LogP contribution in [0, 0.1) is 0 Å². The number of anilines is 2. The number of ether oxygens (including phenoxy) is 1. The van der Waals surface area contributed by atoms with Gasteiger partial charge in [-0.3, -0.25) is 0 Å². The Balaban J connectivity index is 2.35. The van der Waals surface area contributed by atoms with Crippen LogP contribution in [-0.4, -0.2) is 56.6 Å². The Kier molecular flexibility index (Phi) is 4.84. The topological polar surface area (TPSA) is 106 Å². The maximum atomic E-state index is 12.4. The van der Waals surface area contributed by atoms with Gasteiger partial charge in [0.25, 0.3) is 0 Å². The van der Waals surface area contributed by atoms with Crippen molar-refractivity contribution in [2.45, 2.75) is 23.0 Å². The summed E-state index contributed by atoms with van der Waals surface area (Å²) < 4.78 is 33.9. The normalized spacial score (nSPS) is 15.5. The largest absolute Gasteiger partial charge is 0.395 e. The third kappa shape index (κ3) is 3.05. The van der Waals surface area contributed by atoms with Gasteiger partial charge in [0.1, 0.15) is 9.90 Å². The van der Waals surface area contributed by atoms with Crippen LogP contribution in [0.5, 0.6) is 0 Å². The summed E-state index contributed by atoms with van der Waals surface area (Å²) in [6.07, 6.45) is 1.35. The molecule has 9 heteroatoms. The molecular formula is C11H19N3O4S2. The lowest BCUT2D eigenvalue weighted by atomic mass is 10.4. The second-order valence-electron chi connectivity index (χ2n) is 4.65. The van der Waals surface area contributed by atoms with Gasteiger partial charge in [-0.05, 0) is 24.4 Å². The van der Waals surface area contributed by atoms with Crippen LogP contribution in [0.1, 0.15) is 12.8 Å². The number of rotatable bonds is 8. The molecule has 0 saturated heterocycles. The molecule has 0 aliphatic heterocycles. The molecule has 1 aromatic heterocycles. The van der Waals surface area contributed by atoms with Crippen LogP contribution in [0.15, 0.2) is 4.90 Å². The number of sulfone groups is 1. The van der Waals surface area contributed by atoms with Crippen molar-refractivity contribution in [3.8, 4) is 0 Å². The molecule has 114 valence electrons. The third-order valence-corrected chi connectivity index (χ3v) is 6.50. The molecule has 2 rings (SSSR count). The van der Waals surface area contributed by atoms with Crippen LogP contribution in [0.2, 0.25) is 0 Å². The number of nitrogens with two attached hydrogens (primary N) is 1. The van der Waals surface area contributed by atoms with Gasteiger partial charge in [-0.25, -0.2) is 8.42 Å². The molecule has 0 aromatic carbocycles. The van der Waals surface area contributed by atoms with Gasteiger partial charge in [-0.1, -0.05) is 0 Å². The third-order valence-electron chi connectivity index (χ3n) is 3.13. The quantitative estimate of drug-likeness (QED) is 0.700. The Hall–Kier alpha value is -0.900. The molecule has 0 bridgehead atoms. The van der Waals surface area contributed by atoms with Crippen molar-refractivity contribution in [1.29, 1.82) is 0 Å². The minimum atomic E-state index is -3.41. The van der Waals surface area contributed by atoms with E-state index < -0.39 is 9.84 Å². The molecule has 0 unspecified atom stereocenters. The molecule has 0 amide bonds. The van der Waals surface area contributed by atoms with Crippen molar-refractivity contribution in [3.63, 3.8) is 0 Å². The van der Waals surface area contributed by atoms with Crippen molar-refractivity contribution in [2.24, 2.45) is 0 Å². The van der Waals surface area contributed by atoms with E-state index in [1.165, 1.54) is 0 Å². The molecule has 1 heterocycles. The SMILES string of the molecule is COCCN(CCO)c1snc(N)c1S(=O)(=O)C1CC1. The van der Waals surface area contributed by atoms with Crippen LogP contribution >= 0.6 is 11.5 Å². The highest BCUT2D eigenvalue weighted by atomic mass is 32.2. The molecule has 7 nitrogen and oxygen atoms in total. The van der Waals surface area contributed by atoms with Crippen molar-refractivity contribution < 1.29 is 18.3 Å². The molecule has 0 spiro atoms. The molecular weight excluding hydrogens is 302 g/mol. The van der Waals surface area contributed by atoms with Gasteiger partial charge in [0.05, 0.1) is 18.5 Å². The number of hydrogen-bond acceptors (Lipinski definition) is 8. The minimum absolute atomic E-state index is 0.0530. The van der Waals surface area contributed by atoms with Gasteiger partial charge < -0.3 is 20.5 Å². The smallest absolute Gasteiger partial charge is 0.187 e. The minimum Gasteiger partial charge on any atom is -0.395 e. The fraction of sp³-hybridized carbons (Fsp3) is 0.727. The molecule has 3 N–H and O–H groups in total. The number of methoxy groups -OCH3 is 1. The zero-order chi connectivity index (χ0) is 14.8. The molecule has 1 fully saturated rings. The van der Waals surface area contributed by atoms with E-state index in [9.17, 15) is 8.42 Å². The highest BCUT2D eigenvalue weighted by Gasteiger charge is 2.41. The average Bonchev–Trinajstić information content (AvgIpc) is 3.18. The van der Waals surface area contributed by atoms with Gasteiger partial charge in [0.2, 0.25) is 0 Å². The predicted octanol–water partition coefficient (Wildman–Crippen LogP) is 0.107. The first-order valence-corrected chi connectivity index (χ1v) is 8.68. The second-order valence-corrected chi connectivity index (χ2v) is 7.57. The Morgan fingerprint density at radius 1 is 1.50 bits per heavy atom. The first-order valence-electron chi connectivity index (χ1n) is 6.36. The molecule has 20 heavy (non-hydrogen) atoms. The van der Waals surface area contributed by atoms with E-state index in [0.29, 0.717) is 37.5 Å². The summed E-state index contributed by atoms with van der Waals surface area (Å²) in [5.74, 6) is 0.0530. The van der Waals surface area contributed by atoms with E-state index >= 15 is 0 Å². The lowest BCUT2D eigenvalue weighted by Crippen LogP contribution is -2.30. The molecule has 1 aromatic rings. The van der Waals surface area contributed by atoms with E-state index in [-0.39, 0.29) is 22.6 Å². The number of aromatic nitrogens is 1. The number of aliphatic hydroxyl groups is 1. The monoisotopic (exact) mass is 321 g/mol. The number of aliphatic hydroxyl groups excluding tert-OH is 1. The standard InChI is InChI=1S/C11H19N3O4S2/c1-18-7-5-14(4-6-15)11-9(10(12)13-19-11)20(16,17)8-2-3-8/h8,15H,2-7H2,1H3,(H2,12,13). The van der Waals surface area contributed by atoms with Gasteiger partial charge in [0.15, 0.2) is 15.7 Å². The van der Waals surface area contributed by atoms with Crippen molar-refractivity contribution in [3.05, 3.63) is 0 Å². The number of nitrogens with zero attached hydrogens (tertiary/aromatic N) is 2. The van der Waals surface area contributed by atoms with Crippen LogP contribution in [0.4, 0.5) is 10.8 Å². The van der Waals surface area contributed by atoms with E-state index in [4.69, 9.17) is 15.6 Å². The zero-order valence-electron chi connectivity index (χ0n) is 11.3. The summed E-state index contributed by atoms with van der Waals surface area (Å²) in [7, 11) is -1.84. The Labute approximate surface area is 122 Å². The highest BCUT2D eigenvalue weighted by Crippen LogP contribution is 2.42. The second kappa shape index (κ2) is 6.25.